The van der Waals surface area contributed by atoms with Crippen LogP contribution in [0.1, 0.15) is 61.9 Å². The van der Waals surface area contributed by atoms with E-state index >= 15 is 0 Å². The van der Waals surface area contributed by atoms with Gasteiger partial charge in [-0.1, -0.05) is 39.3 Å². The van der Waals surface area contributed by atoms with E-state index in [1.54, 1.807) is 24.3 Å². The molecule has 0 saturated heterocycles. The molecule has 6 heteroatoms. The van der Waals surface area contributed by atoms with Crippen molar-refractivity contribution < 1.29 is 19.1 Å². The van der Waals surface area contributed by atoms with E-state index in [2.05, 4.69) is 31.6 Å². The van der Waals surface area contributed by atoms with Crippen molar-refractivity contribution in [2.24, 2.45) is 0 Å². The molecule has 0 aromatic heterocycles. The van der Waals surface area contributed by atoms with Crippen LogP contribution in [0.3, 0.4) is 0 Å². The van der Waals surface area contributed by atoms with Crippen LogP contribution in [0, 0.1) is 0 Å². The maximum atomic E-state index is 12.1. The fourth-order valence-electron chi connectivity index (χ4n) is 2.55. The number of carbonyl (C=O) groups excluding carboxylic acids is 2. The van der Waals surface area contributed by atoms with Gasteiger partial charge in [0.15, 0.2) is 6.61 Å². The highest BCUT2D eigenvalue weighted by Gasteiger charge is 2.09. The van der Waals surface area contributed by atoms with Crippen molar-refractivity contribution in [3.8, 4) is 11.5 Å². The van der Waals surface area contributed by atoms with Crippen molar-refractivity contribution in [3.63, 3.8) is 0 Å². The minimum atomic E-state index is -0.441. The number of hydrazine groups is 1. The highest BCUT2D eigenvalue weighted by Crippen LogP contribution is 2.21. The van der Waals surface area contributed by atoms with Gasteiger partial charge in [0.1, 0.15) is 11.5 Å². The molecule has 0 bridgehead atoms. The number of benzene rings is 2. The molecule has 0 saturated carbocycles. The minimum Gasteiger partial charge on any atom is -0.494 e. The molecule has 29 heavy (non-hydrogen) atoms. The standard InChI is InChI=1S/C23H30N2O4/c1-4-6-15-28-20-13-9-19(10-14-20)23(27)25-24-22(26)16-29-21-11-7-18(8-12-21)17(3)5-2/h7-14,17H,4-6,15-16H2,1-3H3,(H,24,26)(H,25,27). The molecule has 0 radical (unpaired) electrons. The SMILES string of the molecule is CCCCOc1ccc(C(=O)NNC(=O)COc2ccc(C(C)CC)cc2)cc1. The topological polar surface area (TPSA) is 76.7 Å². The van der Waals surface area contributed by atoms with E-state index in [1.807, 2.05) is 24.3 Å². The molecule has 2 aromatic carbocycles. The number of ether oxygens (including phenoxy) is 2. The van der Waals surface area contributed by atoms with Crippen molar-refractivity contribution in [2.45, 2.75) is 46.0 Å². The largest absolute Gasteiger partial charge is 0.494 e. The predicted octanol–water partition coefficient (Wildman–Crippen LogP) is 4.22. The summed E-state index contributed by atoms with van der Waals surface area (Å²) in [5.41, 5.74) is 6.39. The lowest BCUT2D eigenvalue weighted by Crippen LogP contribution is -2.43. The zero-order valence-corrected chi connectivity index (χ0v) is 17.4. The molecule has 2 N–H and O–H groups in total. The molecule has 0 aliphatic carbocycles. The van der Waals surface area contributed by atoms with Crippen LogP contribution >= 0.6 is 0 Å². The highest BCUT2D eigenvalue weighted by atomic mass is 16.5. The number of amides is 2. The summed E-state index contributed by atoms with van der Waals surface area (Å²) in [6.07, 6.45) is 3.11. The number of carbonyl (C=O) groups is 2. The zero-order chi connectivity index (χ0) is 21.1. The number of rotatable bonds is 10. The van der Waals surface area contributed by atoms with Crippen LogP contribution in [0.15, 0.2) is 48.5 Å². The molecule has 0 aliphatic rings. The molecular weight excluding hydrogens is 368 g/mol. The second-order valence-corrected chi connectivity index (χ2v) is 6.90. The second kappa shape index (κ2) is 11.7. The maximum absolute atomic E-state index is 12.1. The Morgan fingerprint density at radius 3 is 2.14 bits per heavy atom. The fraction of sp³-hybridized carbons (Fsp3) is 0.391. The first kappa shape index (κ1) is 22.3. The van der Waals surface area contributed by atoms with Gasteiger partial charge < -0.3 is 9.47 Å². The van der Waals surface area contributed by atoms with Gasteiger partial charge in [0.2, 0.25) is 0 Å². The molecule has 0 fully saturated rings. The lowest BCUT2D eigenvalue weighted by molar-refractivity contribution is -0.123. The predicted molar refractivity (Wildman–Crippen MR) is 113 cm³/mol. The third kappa shape index (κ3) is 7.49. The molecule has 0 aliphatic heterocycles. The van der Waals surface area contributed by atoms with Crippen LogP contribution in [0.2, 0.25) is 0 Å². The summed E-state index contributed by atoms with van der Waals surface area (Å²) >= 11 is 0. The molecule has 2 aromatic rings. The van der Waals surface area contributed by atoms with E-state index < -0.39 is 11.8 Å². The van der Waals surface area contributed by atoms with E-state index in [-0.39, 0.29) is 6.61 Å². The van der Waals surface area contributed by atoms with Gasteiger partial charge in [0.25, 0.3) is 11.8 Å². The Morgan fingerprint density at radius 2 is 1.52 bits per heavy atom. The first-order valence-corrected chi connectivity index (χ1v) is 10.1. The van der Waals surface area contributed by atoms with Crippen molar-refractivity contribution >= 4 is 11.8 Å². The van der Waals surface area contributed by atoms with E-state index in [1.165, 1.54) is 5.56 Å². The average molecular weight is 399 g/mol. The molecule has 1 atom stereocenters. The molecule has 2 rings (SSSR count). The highest BCUT2D eigenvalue weighted by molar-refractivity contribution is 5.95. The minimum absolute atomic E-state index is 0.187. The van der Waals surface area contributed by atoms with Crippen molar-refractivity contribution in [1.29, 1.82) is 0 Å². The van der Waals surface area contributed by atoms with Crippen LogP contribution in [-0.2, 0) is 4.79 Å². The monoisotopic (exact) mass is 398 g/mol. The first-order chi connectivity index (χ1) is 14.0. The lowest BCUT2D eigenvalue weighted by Gasteiger charge is -2.11. The molecular formula is C23H30N2O4. The quantitative estimate of drug-likeness (QED) is 0.464. The zero-order valence-electron chi connectivity index (χ0n) is 17.4. The summed E-state index contributed by atoms with van der Waals surface area (Å²) in [5, 5.41) is 0. The summed E-state index contributed by atoms with van der Waals surface area (Å²) in [6, 6.07) is 14.5. The van der Waals surface area contributed by atoms with Gasteiger partial charge in [-0.05, 0) is 60.7 Å². The Labute approximate surface area is 172 Å². The normalized spacial score (nSPS) is 11.4. The number of unbranched alkanes of at least 4 members (excludes halogenated alkanes) is 1. The Kier molecular flexibility index (Phi) is 9.02. The third-order valence-electron chi connectivity index (χ3n) is 4.63. The molecule has 2 amide bonds. The van der Waals surface area contributed by atoms with E-state index in [4.69, 9.17) is 9.47 Å². The summed E-state index contributed by atoms with van der Waals surface area (Å²) in [6.45, 7) is 6.87. The maximum Gasteiger partial charge on any atom is 0.276 e. The van der Waals surface area contributed by atoms with Crippen molar-refractivity contribution in [1.82, 2.24) is 10.9 Å². The first-order valence-electron chi connectivity index (χ1n) is 10.1. The van der Waals surface area contributed by atoms with Crippen molar-refractivity contribution in [2.75, 3.05) is 13.2 Å². The molecule has 0 spiro atoms. The number of nitrogens with one attached hydrogen (secondary N) is 2. The smallest absolute Gasteiger partial charge is 0.276 e. The lowest BCUT2D eigenvalue weighted by atomic mass is 9.99. The molecule has 1 unspecified atom stereocenters. The molecule has 156 valence electrons. The van der Waals surface area contributed by atoms with Crippen LogP contribution in [0.4, 0.5) is 0 Å². The Bertz CT molecular complexity index is 772. The van der Waals surface area contributed by atoms with Crippen LogP contribution in [0.5, 0.6) is 11.5 Å². The average Bonchev–Trinajstić information content (AvgIpc) is 2.76. The summed E-state index contributed by atoms with van der Waals surface area (Å²) in [7, 11) is 0. The van der Waals surface area contributed by atoms with Gasteiger partial charge in [0.05, 0.1) is 6.61 Å². The Hall–Kier alpha value is -3.02. The fourth-order valence-corrected chi connectivity index (χ4v) is 2.55. The van der Waals surface area contributed by atoms with Gasteiger partial charge in [-0.15, -0.1) is 0 Å². The van der Waals surface area contributed by atoms with Gasteiger partial charge in [-0.3, -0.25) is 20.4 Å². The summed E-state index contributed by atoms with van der Waals surface area (Å²) in [4.78, 5) is 24.0. The molecule has 6 nitrogen and oxygen atoms in total. The van der Waals surface area contributed by atoms with Gasteiger partial charge in [-0.25, -0.2) is 0 Å². The Balaban J connectivity index is 1.73. The second-order valence-electron chi connectivity index (χ2n) is 6.90. The van der Waals surface area contributed by atoms with Crippen LogP contribution in [0.25, 0.3) is 0 Å². The van der Waals surface area contributed by atoms with Crippen LogP contribution in [-0.4, -0.2) is 25.0 Å². The number of hydrogen-bond donors (Lipinski definition) is 2. The third-order valence-corrected chi connectivity index (χ3v) is 4.63. The van der Waals surface area contributed by atoms with Crippen molar-refractivity contribution in [3.05, 3.63) is 59.7 Å². The van der Waals surface area contributed by atoms with Gasteiger partial charge in [0, 0.05) is 5.56 Å². The van der Waals surface area contributed by atoms with Gasteiger partial charge >= 0.3 is 0 Å². The van der Waals surface area contributed by atoms with E-state index in [9.17, 15) is 9.59 Å². The summed E-state index contributed by atoms with van der Waals surface area (Å²) in [5.74, 6) is 0.962. The van der Waals surface area contributed by atoms with Gasteiger partial charge in [-0.2, -0.15) is 0 Å². The molecule has 0 heterocycles. The number of hydrogen-bond acceptors (Lipinski definition) is 4. The van der Waals surface area contributed by atoms with Crippen LogP contribution < -0.4 is 20.3 Å². The summed E-state index contributed by atoms with van der Waals surface area (Å²) < 4.78 is 11.0. The Morgan fingerprint density at radius 1 is 0.897 bits per heavy atom. The van der Waals surface area contributed by atoms with E-state index in [0.717, 1.165) is 19.3 Å². The van der Waals surface area contributed by atoms with E-state index in [0.29, 0.717) is 29.6 Å².